The van der Waals surface area contributed by atoms with E-state index in [-0.39, 0.29) is 0 Å². The molecule has 1 aliphatic heterocycles. The van der Waals surface area contributed by atoms with Crippen LogP contribution in [0.25, 0.3) is 0 Å². The Hall–Kier alpha value is -2.47. The lowest BCUT2D eigenvalue weighted by Crippen LogP contribution is -2.48. The molecule has 0 aromatic carbocycles. The van der Waals surface area contributed by atoms with Gasteiger partial charge in [-0.1, -0.05) is 12.1 Å². The first kappa shape index (κ1) is 18.3. The van der Waals surface area contributed by atoms with Crippen LogP contribution in [0.5, 0.6) is 0 Å². The Labute approximate surface area is 155 Å². The van der Waals surface area contributed by atoms with Crippen LogP contribution >= 0.6 is 0 Å². The van der Waals surface area contributed by atoms with Gasteiger partial charge in [0.05, 0.1) is 17.9 Å². The predicted molar refractivity (Wildman–Crippen MR) is 105 cm³/mol. The van der Waals surface area contributed by atoms with Crippen molar-refractivity contribution in [3.63, 3.8) is 0 Å². The van der Waals surface area contributed by atoms with Crippen LogP contribution in [-0.2, 0) is 13.1 Å². The summed E-state index contributed by atoms with van der Waals surface area (Å²) < 4.78 is 0. The Morgan fingerprint density at radius 1 is 1.15 bits per heavy atom. The zero-order valence-electron chi connectivity index (χ0n) is 15.7. The van der Waals surface area contributed by atoms with Crippen molar-refractivity contribution in [2.45, 2.75) is 38.9 Å². The van der Waals surface area contributed by atoms with Gasteiger partial charge in [-0.2, -0.15) is 0 Å². The first-order chi connectivity index (χ1) is 12.7. The van der Waals surface area contributed by atoms with E-state index in [0.29, 0.717) is 12.6 Å². The molecule has 26 heavy (non-hydrogen) atoms. The number of aryl methyl sites for hydroxylation is 1. The monoisotopic (exact) mass is 352 g/mol. The number of nitrogens with one attached hydrogen (secondary N) is 2. The van der Waals surface area contributed by atoms with E-state index < -0.39 is 0 Å². The van der Waals surface area contributed by atoms with Crippen molar-refractivity contribution in [2.75, 3.05) is 20.1 Å². The van der Waals surface area contributed by atoms with Crippen LogP contribution in [0.2, 0.25) is 0 Å². The molecule has 0 unspecified atom stereocenters. The lowest BCUT2D eigenvalue weighted by Gasteiger charge is -2.32. The maximum atomic E-state index is 4.42. The molecule has 1 saturated heterocycles. The highest BCUT2D eigenvalue weighted by molar-refractivity contribution is 5.79. The minimum atomic E-state index is 0.450. The highest BCUT2D eigenvalue weighted by Crippen LogP contribution is 2.13. The number of rotatable bonds is 5. The fourth-order valence-electron chi connectivity index (χ4n) is 3.22. The smallest absolute Gasteiger partial charge is 0.191 e. The number of aliphatic imine (C=N–C) groups is 1. The number of piperidine rings is 1. The van der Waals surface area contributed by atoms with Crippen LogP contribution in [0.15, 0.2) is 47.7 Å². The number of guanidine groups is 1. The lowest BCUT2D eigenvalue weighted by atomic mass is 10.0. The molecule has 6 nitrogen and oxygen atoms in total. The Morgan fingerprint density at radius 3 is 2.65 bits per heavy atom. The fourth-order valence-corrected chi connectivity index (χ4v) is 3.22. The van der Waals surface area contributed by atoms with E-state index >= 15 is 0 Å². The average molecular weight is 352 g/mol. The Balaban J connectivity index is 1.43. The zero-order chi connectivity index (χ0) is 18.2. The Morgan fingerprint density at radius 2 is 1.96 bits per heavy atom. The third kappa shape index (κ3) is 5.26. The molecular weight excluding hydrogens is 324 g/mol. The molecule has 1 aliphatic rings. The van der Waals surface area contributed by atoms with Crippen LogP contribution in [0.4, 0.5) is 0 Å². The summed E-state index contributed by atoms with van der Waals surface area (Å²) >= 11 is 0. The number of hydrogen-bond donors (Lipinski definition) is 2. The molecule has 0 aliphatic carbocycles. The highest BCUT2D eigenvalue weighted by Gasteiger charge is 2.20. The van der Waals surface area contributed by atoms with Crippen molar-refractivity contribution in [1.29, 1.82) is 0 Å². The molecule has 0 bridgehead atoms. The van der Waals surface area contributed by atoms with Crippen LogP contribution in [0, 0.1) is 6.92 Å². The molecule has 138 valence electrons. The van der Waals surface area contributed by atoms with E-state index in [9.17, 15) is 0 Å². The van der Waals surface area contributed by atoms with Crippen molar-refractivity contribution in [3.05, 3.63) is 59.7 Å². The second-order valence-corrected chi connectivity index (χ2v) is 6.71. The zero-order valence-corrected chi connectivity index (χ0v) is 15.7. The van der Waals surface area contributed by atoms with Crippen LogP contribution < -0.4 is 10.6 Å². The summed E-state index contributed by atoms with van der Waals surface area (Å²) in [6.07, 6.45) is 5.91. The third-order valence-electron chi connectivity index (χ3n) is 4.80. The lowest BCUT2D eigenvalue weighted by molar-refractivity contribution is 0.196. The van der Waals surface area contributed by atoms with Crippen molar-refractivity contribution in [2.24, 2.45) is 4.99 Å². The highest BCUT2D eigenvalue weighted by atomic mass is 15.2. The number of nitrogens with zero attached hydrogens (tertiary/aromatic N) is 4. The van der Waals surface area contributed by atoms with E-state index in [1.807, 2.05) is 31.6 Å². The number of hydrogen-bond acceptors (Lipinski definition) is 4. The SMILES string of the molecule is CN=C(NCc1ncccc1C)NC1CCN(Cc2ccccn2)CC1. The van der Waals surface area contributed by atoms with Crippen molar-refractivity contribution < 1.29 is 0 Å². The van der Waals surface area contributed by atoms with Gasteiger partial charge in [0.25, 0.3) is 0 Å². The molecule has 0 amide bonds. The topological polar surface area (TPSA) is 65.4 Å². The number of aromatic nitrogens is 2. The molecule has 1 fully saturated rings. The van der Waals surface area contributed by atoms with Gasteiger partial charge in [0.15, 0.2) is 5.96 Å². The molecule has 2 aromatic rings. The molecule has 0 saturated carbocycles. The van der Waals surface area contributed by atoms with Gasteiger partial charge in [-0.25, -0.2) is 0 Å². The minimum Gasteiger partial charge on any atom is -0.354 e. The third-order valence-corrected chi connectivity index (χ3v) is 4.80. The second kappa shape index (κ2) is 9.29. The summed E-state index contributed by atoms with van der Waals surface area (Å²) in [7, 11) is 1.82. The van der Waals surface area contributed by atoms with E-state index in [2.05, 4.69) is 55.6 Å². The van der Waals surface area contributed by atoms with E-state index in [1.165, 1.54) is 5.56 Å². The summed E-state index contributed by atoms with van der Waals surface area (Å²) in [5.41, 5.74) is 3.39. The van der Waals surface area contributed by atoms with E-state index in [1.54, 1.807) is 0 Å². The number of likely N-dealkylation sites (tertiary alicyclic amines) is 1. The van der Waals surface area contributed by atoms with Gasteiger partial charge in [-0.3, -0.25) is 19.9 Å². The normalized spacial score (nSPS) is 16.5. The van der Waals surface area contributed by atoms with Crippen molar-refractivity contribution >= 4 is 5.96 Å². The molecule has 6 heteroatoms. The first-order valence-corrected chi connectivity index (χ1v) is 9.24. The number of pyridine rings is 2. The van der Waals surface area contributed by atoms with Gasteiger partial charge >= 0.3 is 0 Å². The van der Waals surface area contributed by atoms with Gasteiger partial charge in [0, 0.05) is 45.1 Å². The summed E-state index contributed by atoms with van der Waals surface area (Å²) in [6.45, 7) is 5.84. The molecule has 2 aromatic heterocycles. The van der Waals surface area contributed by atoms with Gasteiger partial charge in [0.2, 0.25) is 0 Å². The Bertz CT molecular complexity index is 707. The Kier molecular flexibility index (Phi) is 6.55. The summed E-state index contributed by atoms with van der Waals surface area (Å²) in [5.74, 6) is 0.846. The standard InChI is InChI=1S/C20H28N6/c1-16-6-5-11-23-19(16)14-24-20(21-2)25-17-8-12-26(13-9-17)15-18-7-3-4-10-22-18/h3-7,10-11,17H,8-9,12-15H2,1-2H3,(H2,21,24,25). The van der Waals surface area contributed by atoms with E-state index in [4.69, 9.17) is 0 Å². The summed E-state index contributed by atoms with van der Waals surface area (Å²) in [6, 6.07) is 10.6. The summed E-state index contributed by atoms with van der Waals surface area (Å²) in [4.78, 5) is 15.7. The van der Waals surface area contributed by atoms with Crippen LogP contribution in [0.1, 0.15) is 29.8 Å². The second-order valence-electron chi connectivity index (χ2n) is 6.71. The van der Waals surface area contributed by atoms with Crippen LogP contribution in [-0.4, -0.2) is 47.0 Å². The molecule has 0 atom stereocenters. The van der Waals surface area contributed by atoms with Crippen LogP contribution in [0.3, 0.4) is 0 Å². The maximum Gasteiger partial charge on any atom is 0.191 e. The molecule has 0 radical (unpaired) electrons. The fraction of sp³-hybridized carbons (Fsp3) is 0.450. The van der Waals surface area contributed by atoms with Gasteiger partial charge in [0.1, 0.15) is 0 Å². The molecular formula is C20H28N6. The van der Waals surface area contributed by atoms with Gasteiger partial charge in [-0.15, -0.1) is 0 Å². The van der Waals surface area contributed by atoms with Gasteiger partial charge < -0.3 is 10.6 Å². The largest absolute Gasteiger partial charge is 0.354 e. The quantitative estimate of drug-likeness (QED) is 0.637. The van der Waals surface area contributed by atoms with Gasteiger partial charge in [-0.05, 0) is 43.5 Å². The molecule has 0 spiro atoms. The van der Waals surface area contributed by atoms with Crippen molar-refractivity contribution in [1.82, 2.24) is 25.5 Å². The predicted octanol–water partition coefficient (Wildman–Crippen LogP) is 2.11. The van der Waals surface area contributed by atoms with Crippen molar-refractivity contribution in [3.8, 4) is 0 Å². The molecule has 3 rings (SSSR count). The average Bonchev–Trinajstić information content (AvgIpc) is 2.68. The molecule has 3 heterocycles. The molecule has 2 N–H and O–H groups in total. The first-order valence-electron chi connectivity index (χ1n) is 9.24. The maximum absolute atomic E-state index is 4.42. The van der Waals surface area contributed by atoms with E-state index in [0.717, 1.165) is 49.8 Å². The minimum absolute atomic E-state index is 0.450. The summed E-state index contributed by atoms with van der Waals surface area (Å²) in [5, 5.41) is 6.93.